The molecule has 1 atom stereocenters. The van der Waals surface area contributed by atoms with Gasteiger partial charge in [0.1, 0.15) is 11.4 Å². The minimum atomic E-state index is -0.0400. The zero-order chi connectivity index (χ0) is 21.4. The fourth-order valence-corrected chi connectivity index (χ4v) is 4.41. The summed E-state index contributed by atoms with van der Waals surface area (Å²) in [6.07, 6.45) is 3.82. The van der Waals surface area contributed by atoms with E-state index in [-0.39, 0.29) is 11.9 Å². The van der Waals surface area contributed by atoms with Gasteiger partial charge in [-0.2, -0.15) is 0 Å². The van der Waals surface area contributed by atoms with Crippen molar-refractivity contribution in [1.82, 2.24) is 19.4 Å². The molecule has 1 saturated heterocycles. The van der Waals surface area contributed by atoms with Gasteiger partial charge in [-0.3, -0.25) is 9.69 Å². The number of benzene rings is 2. The minimum Gasteiger partial charge on any atom is -0.451 e. The number of piperazine rings is 1. The lowest BCUT2D eigenvalue weighted by Crippen LogP contribution is -2.50. The van der Waals surface area contributed by atoms with Crippen LogP contribution >= 0.6 is 0 Å². The Kier molecular flexibility index (Phi) is 5.08. The smallest absolute Gasteiger partial charge is 0.289 e. The third-order valence-corrected chi connectivity index (χ3v) is 6.07. The van der Waals surface area contributed by atoms with Crippen molar-refractivity contribution in [3.63, 3.8) is 0 Å². The molecule has 0 bridgehead atoms. The van der Waals surface area contributed by atoms with E-state index in [4.69, 9.17) is 4.42 Å². The molecule has 2 aromatic carbocycles. The summed E-state index contributed by atoms with van der Waals surface area (Å²) in [4.78, 5) is 22.0. The van der Waals surface area contributed by atoms with Gasteiger partial charge >= 0.3 is 0 Å². The SMILES string of the molecule is Cc1ccc2oc(C(=O)N3CCN([C@@H](c4ccccc4)c4nccn4C)CC3)cc2c1. The van der Waals surface area contributed by atoms with Crippen LogP contribution in [0.4, 0.5) is 0 Å². The summed E-state index contributed by atoms with van der Waals surface area (Å²) >= 11 is 0. The molecule has 1 aliphatic rings. The summed E-state index contributed by atoms with van der Waals surface area (Å²) in [5.74, 6) is 1.39. The van der Waals surface area contributed by atoms with Gasteiger partial charge in [-0.05, 0) is 30.7 Å². The van der Waals surface area contributed by atoms with E-state index < -0.39 is 0 Å². The molecule has 5 rings (SSSR count). The second-order valence-corrected chi connectivity index (χ2v) is 8.19. The summed E-state index contributed by atoms with van der Waals surface area (Å²) in [6, 6.07) is 18.3. The molecule has 6 heteroatoms. The highest BCUT2D eigenvalue weighted by Gasteiger charge is 2.31. The Morgan fingerprint density at radius 2 is 1.81 bits per heavy atom. The molecule has 0 radical (unpaired) electrons. The van der Waals surface area contributed by atoms with Crippen molar-refractivity contribution in [2.75, 3.05) is 26.2 Å². The van der Waals surface area contributed by atoms with E-state index in [1.807, 2.05) is 61.6 Å². The molecule has 1 fully saturated rings. The Hall–Kier alpha value is -3.38. The third-order valence-electron chi connectivity index (χ3n) is 6.07. The first-order valence-corrected chi connectivity index (χ1v) is 10.7. The van der Waals surface area contributed by atoms with Crippen LogP contribution in [0.2, 0.25) is 0 Å². The number of nitrogens with zero attached hydrogens (tertiary/aromatic N) is 4. The molecular weight excluding hydrogens is 388 g/mol. The van der Waals surface area contributed by atoms with E-state index in [1.165, 1.54) is 5.56 Å². The largest absolute Gasteiger partial charge is 0.451 e. The first-order valence-electron chi connectivity index (χ1n) is 10.7. The zero-order valence-corrected chi connectivity index (χ0v) is 17.9. The van der Waals surface area contributed by atoms with Crippen LogP contribution in [0.3, 0.4) is 0 Å². The molecule has 0 unspecified atom stereocenters. The van der Waals surface area contributed by atoms with Gasteiger partial charge in [0.05, 0.1) is 6.04 Å². The molecule has 2 aromatic heterocycles. The Morgan fingerprint density at radius 1 is 1.03 bits per heavy atom. The van der Waals surface area contributed by atoms with E-state index in [9.17, 15) is 4.79 Å². The van der Waals surface area contributed by atoms with Crippen LogP contribution in [0, 0.1) is 6.92 Å². The predicted octanol–water partition coefficient (Wildman–Crippen LogP) is 4.02. The van der Waals surface area contributed by atoms with Gasteiger partial charge in [0.15, 0.2) is 5.76 Å². The Morgan fingerprint density at radius 3 is 2.52 bits per heavy atom. The maximum absolute atomic E-state index is 13.1. The molecule has 6 nitrogen and oxygen atoms in total. The molecule has 0 aliphatic carbocycles. The lowest BCUT2D eigenvalue weighted by molar-refractivity contribution is 0.0563. The maximum atomic E-state index is 13.1. The molecule has 0 spiro atoms. The number of aromatic nitrogens is 2. The lowest BCUT2D eigenvalue weighted by Gasteiger charge is -2.39. The Balaban J connectivity index is 1.34. The Labute approximate surface area is 181 Å². The van der Waals surface area contributed by atoms with Crippen molar-refractivity contribution in [3.05, 3.63) is 89.7 Å². The van der Waals surface area contributed by atoms with Crippen molar-refractivity contribution in [2.24, 2.45) is 7.05 Å². The highest BCUT2D eigenvalue weighted by Crippen LogP contribution is 2.29. The number of aryl methyl sites for hydroxylation is 2. The van der Waals surface area contributed by atoms with Crippen LogP contribution in [-0.2, 0) is 7.05 Å². The average molecular weight is 415 g/mol. The summed E-state index contributed by atoms with van der Waals surface area (Å²) < 4.78 is 7.91. The van der Waals surface area contributed by atoms with E-state index in [2.05, 4.69) is 38.7 Å². The summed E-state index contributed by atoms with van der Waals surface area (Å²) in [6.45, 7) is 4.90. The van der Waals surface area contributed by atoms with Crippen LogP contribution in [0.5, 0.6) is 0 Å². The molecule has 158 valence electrons. The second kappa shape index (κ2) is 8.04. The van der Waals surface area contributed by atoms with Crippen LogP contribution in [0.1, 0.15) is 33.5 Å². The molecule has 3 heterocycles. The van der Waals surface area contributed by atoms with E-state index >= 15 is 0 Å². The summed E-state index contributed by atoms with van der Waals surface area (Å²) in [5.41, 5.74) is 3.12. The van der Waals surface area contributed by atoms with E-state index in [0.717, 1.165) is 35.4 Å². The van der Waals surface area contributed by atoms with Gasteiger partial charge in [0.2, 0.25) is 0 Å². The highest BCUT2D eigenvalue weighted by molar-refractivity contribution is 5.96. The number of carbonyl (C=O) groups excluding carboxylic acids is 1. The van der Waals surface area contributed by atoms with Crippen LogP contribution in [0.15, 0.2) is 71.4 Å². The number of hydrogen-bond donors (Lipinski definition) is 0. The summed E-state index contributed by atoms with van der Waals surface area (Å²) in [5, 5.41) is 0.973. The number of amides is 1. The first kappa shape index (κ1) is 19.6. The molecule has 0 N–H and O–H groups in total. The molecule has 1 amide bonds. The van der Waals surface area contributed by atoms with Gasteiger partial charge in [-0.25, -0.2) is 4.98 Å². The molecule has 4 aromatic rings. The number of furan rings is 1. The van der Waals surface area contributed by atoms with Gasteiger partial charge in [-0.1, -0.05) is 42.0 Å². The first-order chi connectivity index (χ1) is 15.1. The van der Waals surface area contributed by atoms with Gasteiger partial charge in [-0.15, -0.1) is 0 Å². The van der Waals surface area contributed by atoms with Crippen LogP contribution in [0.25, 0.3) is 11.0 Å². The lowest BCUT2D eigenvalue weighted by atomic mass is 10.0. The second-order valence-electron chi connectivity index (χ2n) is 8.19. The van der Waals surface area contributed by atoms with Gasteiger partial charge < -0.3 is 13.9 Å². The number of fused-ring (bicyclic) bond motifs is 1. The van der Waals surface area contributed by atoms with Crippen molar-refractivity contribution in [3.8, 4) is 0 Å². The number of carbonyl (C=O) groups is 1. The zero-order valence-electron chi connectivity index (χ0n) is 17.9. The maximum Gasteiger partial charge on any atom is 0.289 e. The quantitative estimate of drug-likeness (QED) is 0.506. The molecule has 31 heavy (non-hydrogen) atoms. The standard InChI is InChI=1S/C25H26N4O2/c1-18-8-9-21-20(16-18)17-22(31-21)25(30)29-14-12-28(13-15-29)23(19-6-4-3-5-7-19)24-26-10-11-27(24)2/h3-11,16-17,23H,12-15H2,1-2H3/t23-/m0/s1. The van der Waals surface area contributed by atoms with E-state index in [1.54, 1.807) is 0 Å². The highest BCUT2D eigenvalue weighted by atomic mass is 16.3. The normalized spacial score (nSPS) is 16.0. The Bertz CT molecular complexity index is 1200. The number of rotatable bonds is 4. The fraction of sp³-hybridized carbons (Fsp3) is 0.280. The molecular formula is C25H26N4O2. The average Bonchev–Trinajstić information content (AvgIpc) is 3.41. The van der Waals surface area contributed by atoms with Crippen LogP contribution in [-0.4, -0.2) is 51.4 Å². The topological polar surface area (TPSA) is 54.5 Å². The van der Waals surface area contributed by atoms with Crippen molar-refractivity contribution >= 4 is 16.9 Å². The number of imidazole rings is 1. The number of hydrogen-bond acceptors (Lipinski definition) is 4. The van der Waals surface area contributed by atoms with Crippen molar-refractivity contribution in [1.29, 1.82) is 0 Å². The molecule has 0 saturated carbocycles. The third kappa shape index (κ3) is 3.75. The predicted molar refractivity (Wildman–Crippen MR) is 120 cm³/mol. The molecule has 1 aliphatic heterocycles. The van der Waals surface area contributed by atoms with Crippen molar-refractivity contribution in [2.45, 2.75) is 13.0 Å². The van der Waals surface area contributed by atoms with Gasteiger partial charge in [0.25, 0.3) is 5.91 Å². The van der Waals surface area contributed by atoms with Gasteiger partial charge in [0, 0.05) is 51.0 Å². The van der Waals surface area contributed by atoms with Crippen molar-refractivity contribution < 1.29 is 9.21 Å². The van der Waals surface area contributed by atoms with E-state index in [0.29, 0.717) is 18.8 Å². The summed E-state index contributed by atoms with van der Waals surface area (Å²) in [7, 11) is 2.03. The monoisotopic (exact) mass is 414 g/mol. The minimum absolute atomic E-state index is 0.0400. The fourth-order valence-electron chi connectivity index (χ4n) is 4.41. The van der Waals surface area contributed by atoms with Crippen LogP contribution < -0.4 is 0 Å².